The molecule has 2 rings (SSSR count). The lowest BCUT2D eigenvalue weighted by molar-refractivity contribution is -0.138. The van der Waals surface area contributed by atoms with Crippen LogP contribution in [0.5, 0.6) is 11.5 Å². The van der Waals surface area contributed by atoms with E-state index in [4.69, 9.17) is 14.6 Å². The first-order chi connectivity index (χ1) is 13.1. The van der Waals surface area contributed by atoms with Crippen molar-refractivity contribution in [3.05, 3.63) is 35.4 Å². The van der Waals surface area contributed by atoms with Crippen LogP contribution in [0.1, 0.15) is 29.3 Å². The number of carboxylic acids is 1. The third-order valence-electron chi connectivity index (χ3n) is 4.02. The number of amides is 1. The lowest BCUT2D eigenvalue weighted by Crippen LogP contribution is -2.32. The number of nitrogens with zero attached hydrogens (tertiary/aromatic N) is 1. The van der Waals surface area contributed by atoms with E-state index >= 15 is 0 Å². The van der Waals surface area contributed by atoms with Gasteiger partial charge in [0, 0.05) is 7.05 Å². The maximum Gasteiger partial charge on any atom is 0.420 e. The van der Waals surface area contributed by atoms with E-state index in [9.17, 15) is 22.8 Å². The van der Waals surface area contributed by atoms with Crippen LogP contribution in [0.25, 0.3) is 10.8 Å². The van der Waals surface area contributed by atoms with Gasteiger partial charge < -0.3 is 19.5 Å². The van der Waals surface area contributed by atoms with Crippen LogP contribution < -0.4 is 9.47 Å². The average molecular weight is 399 g/mol. The molecule has 0 aliphatic carbocycles. The number of benzene rings is 2. The maximum absolute atomic E-state index is 13.6. The number of methoxy groups -OCH3 is 1. The van der Waals surface area contributed by atoms with E-state index in [1.165, 1.54) is 25.2 Å². The minimum Gasteiger partial charge on any atom is -0.496 e. The summed E-state index contributed by atoms with van der Waals surface area (Å²) in [5, 5.41) is 8.70. The molecule has 9 heteroatoms. The van der Waals surface area contributed by atoms with E-state index in [2.05, 4.69) is 0 Å². The highest BCUT2D eigenvalue weighted by atomic mass is 19.4. The van der Waals surface area contributed by atoms with Crippen LogP contribution >= 0.6 is 0 Å². The molecular formula is C19H20F3NO5. The second-order valence-electron chi connectivity index (χ2n) is 6.08. The first-order valence-corrected chi connectivity index (χ1v) is 8.42. The van der Waals surface area contributed by atoms with Gasteiger partial charge in [0.15, 0.2) is 0 Å². The van der Waals surface area contributed by atoms with Gasteiger partial charge in [-0.15, -0.1) is 0 Å². The van der Waals surface area contributed by atoms with Crippen molar-refractivity contribution in [2.24, 2.45) is 0 Å². The molecular weight excluding hydrogens is 379 g/mol. The highest BCUT2D eigenvalue weighted by Crippen LogP contribution is 2.43. The SMILES string of the molecule is CCCOc1ccc2c(C(F)(F)F)c(OC)ccc2c1C(=O)N(C)CC(=O)O. The Labute approximate surface area is 159 Å². The van der Waals surface area contributed by atoms with Crippen LogP contribution in [0.4, 0.5) is 13.2 Å². The molecule has 0 fully saturated rings. The number of aliphatic carboxylic acids is 1. The largest absolute Gasteiger partial charge is 0.496 e. The van der Waals surface area contributed by atoms with Crippen molar-refractivity contribution in [3.63, 3.8) is 0 Å². The standard InChI is InChI=1S/C19H20F3NO5/c1-4-9-28-13-7-6-12-11(16(13)18(26)23(2)10-15(24)25)5-8-14(27-3)17(12)19(20,21)22/h5-8H,4,9-10H2,1-3H3,(H,24,25). The second-order valence-corrected chi connectivity index (χ2v) is 6.08. The van der Waals surface area contributed by atoms with Crippen molar-refractivity contribution < 1.29 is 37.3 Å². The summed E-state index contributed by atoms with van der Waals surface area (Å²) in [4.78, 5) is 24.7. The topological polar surface area (TPSA) is 76.1 Å². The number of ether oxygens (including phenoxy) is 2. The van der Waals surface area contributed by atoms with Gasteiger partial charge in [-0.1, -0.05) is 6.92 Å². The molecule has 0 bridgehead atoms. The third kappa shape index (κ3) is 4.29. The van der Waals surface area contributed by atoms with E-state index in [-0.39, 0.29) is 34.4 Å². The quantitative estimate of drug-likeness (QED) is 0.766. The first-order valence-electron chi connectivity index (χ1n) is 8.42. The van der Waals surface area contributed by atoms with Crippen LogP contribution in [0, 0.1) is 0 Å². The summed E-state index contributed by atoms with van der Waals surface area (Å²) in [6, 6.07) is 4.97. The number of carbonyl (C=O) groups is 2. The summed E-state index contributed by atoms with van der Waals surface area (Å²) in [5.41, 5.74) is -1.13. The molecule has 0 atom stereocenters. The van der Waals surface area contributed by atoms with Crippen LogP contribution in [0.15, 0.2) is 24.3 Å². The number of halogens is 3. The molecule has 0 aliphatic rings. The lowest BCUT2D eigenvalue weighted by Gasteiger charge is -2.21. The number of rotatable bonds is 7. The fraction of sp³-hybridized carbons (Fsp3) is 0.368. The molecule has 1 amide bonds. The Balaban J connectivity index is 2.79. The average Bonchev–Trinajstić information content (AvgIpc) is 2.62. The Bertz CT molecular complexity index is 895. The zero-order chi connectivity index (χ0) is 21.1. The zero-order valence-electron chi connectivity index (χ0n) is 15.6. The van der Waals surface area contributed by atoms with Gasteiger partial charge in [-0.05, 0) is 41.5 Å². The van der Waals surface area contributed by atoms with Gasteiger partial charge in [0.1, 0.15) is 23.6 Å². The Hall–Kier alpha value is -2.97. The number of hydrogen-bond acceptors (Lipinski definition) is 4. The van der Waals surface area contributed by atoms with Crippen molar-refractivity contribution in [1.29, 1.82) is 0 Å². The van der Waals surface area contributed by atoms with E-state index in [1.54, 1.807) is 0 Å². The first kappa shape index (κ1) is 21.3. The van der Waals surface area contributed by atoms with Gasteiger partial charge in [-0.3, -0.25) is 9.59 Å². The van der Waals surface area contributed by atoms with Gasteiger partial charge in [0.05, 0.1) is 19.3 Å². The Morgan fingerprint density at radius 2 is 1.71 bits per heavy atom. The van der Waals surface area contributed by atoms with Crippen LogP contribution in [-0.4, -0.2) is 49.2 Å². The lowest BCUT2D eigenvalue weighted by atomic mass is 9.97. The molecule has 0 unspecified atom stereocenters. The van der Waals surface area contributed by atoms with E-state index in [0.717, 1.165) is 18.1 Å². The molecule has 1 N–H and O–H groups in total. The van der Waals surface area contributed by atoms with Crippen LogP contribution in [0.3, 0.4) is 0 Å². The van der Waals surface area contributed by atoms with Gasteiger partial charge in [-0.25, -0.2) is 0 Å². The maximum atomic E-state index is 13.6. The number of carbonyl (C=O) groups excluding carboxylic acids is 1. The molecule has 2 aromatic carbocycles. The highest BCUT2D eigenvalue weighted by Gasteiger charge is 2.37. The molecule has 0 spiro atoms. The van der Waals surface area contributed by atoms with E-state index in [0.29, 0.717) is 6.42 Å². The van der Waals surface area contributed by atoms with Gasteiger partial charge in [0.2, 0.25) is 0 Å². The van der Waals surface area contributed by atoms with Crippen molar-refractivity contribution in [1.82, 2.24) is 4.90 Å². The minimum atomic E-state index is -4.72. The summed E-state index contributed by atoms with van der Waals surface area (Å²) in [6.07, 6.45) is -4.10. The molecule has 0 aliphatic heterocycles. The van der Waals surface area contributed by atoms with E-state index in [1.807, 2.05) is 6.92 Å². The van der Waals surface area contributed by atoms with Gasteiger partial charge in [-0.2, -0.15) is 13.2 Å². The molecule has 0 saturated carbocycles. The monoisotopic (exact) mass is 399 g/mol. The van der Waals surface area contributed by atoms with Crippen molar-refractivity contribution in [3.8, 4) is 11.5 Å². The van der Waals surface area contributed by atoms with Gasteiger partial charge in [0.25, 0.3) is 5.91 Å². The fourth-order valence-electron chi connectivity index (χ4n) is 2.85. The van der Waals surface area contributed by atoms with Crippen LogP contribution in [-0.2, 0) is 11.0 Å². The van der Waals surface area contributed by atoms with Gasteiger partial charge >= 0.3 is 12.1 Å². The van der Waals surface area contributed by atoms with Crippen LogP contribution in [0.2, 0.25) is 0 Å². The molecule has 0 saturated heterocycles. The summed E-state index contributed by atoms with van der Waals surface area (Å²) in [7, 11) is 2.38. The number of hydrogen-bond donors (Lipinski definition) is 1. The zero-order valence-corrected chi connectivity index (χ0v) is 15.6. The normalized spacial score (nSPS) is 11.4. The molecule has 0 radical (unpaired) electrons. The summed E-state index contributed by atoms with van der Waals surface area (Å²) in [6.45, 7) is 1.48. The molecule has 0 aromatic heterocycles. The number of fused-ring (bicyclic) bond motifs is 1. The Kier molecular flexibility index (Phi) is 6.37. The smallest absolute Gasteiger partial charge is 0.420 e. The molecule has 6 nitrogen and oxygen atoms in total. The number of alkyl halides is 3. The number of carboxylic acid groups (broad SMARTS) is 1. The van der Waals surface area contributed by atoms with Crippen molar-refractivity contribution in [2.45, 2.75) is 19.5 Å². The van der Waals surface area contributed by atoms with Crippen molar-refractivity contribution >= 4 is 22.6 Å². The molecule has 152 valence electrons. The third-order valence-corrected chi connectivity index (χ3v) is 4.02. The molecule has 2 aromatic rings. The predicted octanol–water partition coefficient (Wildman–Crippen LogP) is 3.81. The predicted molar refractivity (Wildman–Crippen MR) is 95.9 cm³/mol. The minimum absolute atomic E-state index is 0.00367. The summed E-state index contributed by atoms with van der Waals surface area (Å²) >= 11 is 0. The summed E-state index contributed by atoms with van der Waals surface area (Å²) in [5.74, 6) is -2.28. The summed E-state index contributed by atoms with van der Waals surface area (Å²) < 4.78 is 51.3. The number of likely N-dealkylation sites (N-methyl/N-ethyl adjacent to an activating group) is 1. The Morgan fingerprint density at radius 1 is 1.11 bits per heavy atom. The highest BCUT2D eigenvalue weighted by molar-refractivity contribution is 6.11. The van der Waals surface area contributed by atoms with Crippen molar-refractivity contribution in [2.75, 3.05) is 27.3 Å². The fourth-order valence-corrected chi connectivity index (χ4v) is 2.85. The molecule has 28 heavy (non-hydrogen) atoms. The Morgan fingerprint density at radius 3 is 2.25 bits per heavy atom. The second kappa shape index (κ2) is 8.37. The molecule has 0 heterocycles. The van der Waals surface area contributed by atoms with E-state index < -0.39 is 30.2 Å².